The lowest BCUT2D eigenvalue weighted by molar-refractivity contribution is 0.361. The Balaban J connectivity index is 1.77. The van der Waals surface area contributed by atoms with Crippen molar-refractivity contribution in [3.63, 3.8) is 0 Å². The Bertz CT molecular complexity index is 729. The predicted octanol–water partition coefficient (Wildman–Crippen LogP) is 1.80. The summed E-state index contributed by atoms with van der Waals surface area (Å²) in [6.07, 6.45) is 8.10. The van der Waals surface area contributed by atoms with Crippen LogP contribution in [0.15, 0.2) is 41.6 Å². The van der Waals surface area contributed by atoms with Gasteiger partial charge in [0.1, 0.15) is 5.82 Å². The number of nitrogens with one attached hydrogen (secondary N) is 1. The third-order valence-corrected chi connectivity index (χ3v) is 5.29. The van der Waals surface area contributed by atoms with Crippen LogP contribution in [0.25, 0.3) is 0 Å². The van der Waals surface area contributed by atoms with Crippen LogP contribution in [0.5, 0.6) is 0 Å². The van der Waals surface area contributed by atoms with Gasteiger partial charge in [-0.2, -0.15) is 0 Å². The average Bonchev–Trinajstić information content (AvgIpc) is 2.96. The van der Waals surface area contributed by atoms with Gasteiger partial charge in [0.05, 0.1) is 4.90 Å². The van der Waals surface area contributed by atoms with Gasteiger partial charge in [-0.15, -0.1) is 0 Å². The van der Waals surface area contributed by atoms with Gasteiger partial charge in [-0.25, -0.2) is 13.4 Å². The Labute approximate surface area is 131 Å². The maximum Gasteiger partial charge on any atom is 0.175 e. The highest BCUT2D eigenvalue weighted by Gasteiger charge is 2.17. The molecule has 1 aliphatic rings. The lowest BCUT2D eigenvalue weighted by Crippen LogP contribution is -2.29. The number of hydrogen-bond donors (Lipinski definition) is 1. The van der Waals surface area contributed by atoms with Crippen LogP contribution >= 0.6 is 0 Å². The fourth-order valence-electron chi connectivity index (χ4n) is 2.94. The maximum atomic E-state index is 11.5. The Morgan fingerprint density at radius 1 is 1.23 bits per heavy atom. The van der Waals surface area contributed by atoms with Crippen molar-refractivity contribution in [3.05, 3.63) is 48.0 Å². The molecule has 118 valence electrons. The van der Waals surface area contributed by atoms with E-state index in [0.717, 1.165) is 43.7 Å². The second kappa shape index (κ2) is 6.22. The number of rotatable bonds is 4. The Kier molecular flexibility index (Phi) is 4.31. The van der Waals surface area contributed by atoms with Crippen LogP contribution < -0.4 is 5.32 Å². The van der Waals surface area contributed by atoms with E-state index in [2.05, 4.69) is 21.1 Å². The van der Waals surface area contributed by atoms with E-state index in [-0.39, 0.29) is 0 Å². The topological polar surface area (TPSA) is 64.0 Å². The minimum atomic E-state index is -3.13. The summed E-state index contributed by atoms with van der Waals surface area (Å²) in [4.78, 5) is 4.84. The van der Waals surface area contributed by atoms with E-state index in [4.69, 9.17) is 0 Å². The minimum Gasteiger partial charge on any atom is -0.332 e. The smallest absolute Gasteiger partial charge is 0.175 e. The number of nitrogens with zero attached hydrogens (tertiary/aromatic N) is 2. The van der Waals surface area contributed by atoms with Crippen molar-refractivity contribution in [2.45, 2.75) is 30.2 Å². The zero-order valence-electron chi connectivity index (χ0n) is 12.7. The lowest BCUT2D eigenvalue weighted by Gasteiger charge is -2.25. The summed E-state index contributed by atoms with van der Waals surface area (Å²) in [6.45, 7) is 2.09. The molecule has 5 nitrogen and oxygen atoms in total. The maximum absolute atomic E-state index is 11.5. The summed E-state index contributed by atoms with van der Waals surface area (Å²) in [5, 5.41) is 3.38. The molecule has 1 aliphatic heterocycles. The highest BCUT2D eigenvalue weighted by molar-refractivity contribution is 7.90. The first-order chi connectivity index (χ1) is 10.5. The van der Waals surface area contributed by atoms with E-state index in [1.165, 1.54) is 6.26 Å². The van der Waals surface area contributed by atoms with Gasteiger partial charge < -0.3 is 9.88 Å². The Morgan fingerprint density at radius 2 is 1.91 bits per heavy atom. The van der Waals surface area contributed by atoms with Crippen molar-refractivity contribution >= 4 is 9.84 Å². The molecule has 0 saturated carbocycles. The summed E-state index contributed by atoms with van der Waals surface area (Å²) in [5.41, 5.74) is 1.08. The molecule has 0 unspecified atom stereocenters. The molecule has 0 atom stereocenters. The summed E-state index contributed by atoms with van der Waals surface area (Å²) >= 11 is 0. The molecule has 1 saturated heterocycles. The first-order valence-electron chi connectivity index (χ1n) is 7.55. The standard InChI is InChI=1S/C16H21N3O2S/c1-22(20,21)15-4-2-13(3-5-15)12-16-18-10-11-19(16)14-6-8-17-9-7-14/h2-5,10-11,14,17H,6-9,12H2,1H3. The van der Waals surface area contributed by atoms with Crippen LogP contribution in [0.2, 0.25) is 0 Å². The first-order valence-corrected chi connectivity index (χ1v) is 9.44. The van der Waals surface area contributed by atoms with E-state index in [1.807, 2.05) is 18.3 Å². The summed E-state index contributed by atoms with van der Waals surface area (Å²) in [5.74, 6) is 1.04. The van der Waals surface area contributed by atoms with Gasteiger partial charge in [0.15, 0.2) is 9.84 Å². The predicted molar refractivity (Wildman–Crippen MR) is 85.7 cm³/mol. The molecule has 1 N–H and O–H groups in total. The molecule has 1 aromatic heterocycles. The van der Waals surface area contributed by atoms with Gasteiger partial charge >= 0.3 is 0 Å². The van der Waals surface area contributed by atoms with Crippen LogP contribution in [-0.4, -0.2) is 37.3 Å². The second-order valence-corrected chi connectivity index (χ2v) is 7.84. The molecule has 3 rings (SSSR count). The van der Waals surface area contributed by atoms with Crippen molar-refractivity contribution in [1.82, 2.24) is 14.9 Å². The number of imidazole rings is 1. The molecule has 0 aliphatic carbocycles. The molecule has 0 bridgehead atoms. The fourth-order valence-corrected chi connectivity index (χ4v) is 3.57. The van der Waals surface area contributed by atoms with E-state index in [1.54, 1.807) is 12.1 Å². The third-order valence-electron chi connectivity index (χ3n) is 4.16. The molecule has 1 aromatic carbocycles. The van der Waals surface area contributed by atoms with E-state index in [0.29, 0.717) is 10.9 Å². The highest BCUT2D eigenvalue weighted by Crippen LogP contribution is 2.22. The van der Waals surface area contributed by atoms with Crippen molar-refractivity contribution in [2.75, 3.05) is 19.3 Å². The molecule has 22 heavy (non-hydrogen) atoms. The summed E-state index contributed by atoms with van der Waals surface area (Å²) in [7, 11) is -3.13. The molecule has 6 heteroatoms. The van der Waals surface area contributed by atoms with Crippen molar-refractivity contribution in [1.29, 1.82) is 0 Å². The van der Waals surface area contributed by atoms with Crippen molar-refractivity contribution in [3.8, 4) is 0 Å². The number of benzene rings is 1. The third kappa shape index (κ3) is 3.39. The Hall–Kier alpha value is -1.66. The van der Waals surface area contributed by atoms with E-state index < -0.39 is 9.84 Å². The number of sulfone groups is 1. The van der Waals surface area contributed by atoms with Gasteiger partial charge in [-0.3, -0.25) is 0 Å². The van der Waals surface area contributed by atoms with Gasteiger partial charge in [0.25, 0.3) is 0 Å². The zero-order chi connectivity index (χ0) is 15.6. The molecule has 0 spiro atoms. The summed E-state index contributed by atoms with van der Waals surface area (Å²) in [6, 6.07) is 7.59. The van der Waals surface area contributed by atoms with Crippen LogP contribution in [0.1, 0.15) is 30.3 Å². The van der Waals surface area contributed by atoms with E-state index in [9.17, 15) is 8.42 Å². The van der Waals surface area contributed by atoms with Crippen LogP contribution in [-0.2, 0) is 16.3 Å². The highest BCUT2D eigenvalue weighted by atomic mass is 32.2. The van der Waals surface area contributed by atoms with Gasteiger partial charge in [-0.1, -0.05) is 12.1 Å². The van der Waals surface area contributed by atoms with Gasteiger partial charge in [0.2, 0.25) is 0 Å². The second-order valence-electron chi connectivity index (χ2n) is 5.82. The zero-order valence-corrected chi connectivity index (χ0v) is 13.5. The van der Waals surface area contributed by atoms with Crippen molar-refractivity contribution in [2.24, 2.45) is 0 Å². The average molecular weight is 319 g/mol. The van der Waals surface area contributed by atoms with E-state index >= 15 is 0 Å². The molecule has 1 fully saturated rings. The Morgan fingerprint density at radius 3 is 2.55 bits per heavy atom. The quantitative estimate of drug-likeness (QED) is 0.933. The van der Waals surface area contributed by atoms with Gasteiger partial charge in [-0.05, 0) is 43.6 Å². The SMILES string of the molecule is CS(=O)(=O)c1ccc(Cc2nccn2C2CCNCC2)cc1. The van der Waals surface area contributed by atoms with Crippen molar-refractivity contribution < 1.29 is 8.42 Å². The lowest BCUT2D eigenvalue weighted by atomic mass is 10.1. The van der Waals surface area contributed by atoms with Crippen LogP contribution in [0.3, 0.4) is 0 Å². The fraction of sp³-hybridized carbons (Fsp3) is 0.438. The number of aromatic nitrogens is 2. The molecular formula is C16H21N3O2S. The number of hydrogen-bond acceptors (Lipinski definition) is 4. The molecular weight excluding hydrogens is 298 g/mol. The molecule has 0 radical (unpaired) electrons. The minimum absolute atomic E-state index is 0.359. The molecule has 2 aromatic rings. The molecule has 0 amide bonds. The summed E-state index contributed by atoms with van der Waals surface area (Å²) < 4.78 is 25.3. The largest absolute Gasteiger partial charge is 0.332 e. The normalized spacial score (nSPS) is 16.8. The monoisotopic (exact) mass is 319 g/mol. The van der Waals surface area contributed by atoms with Crippen LogP contribution in [0, 0.1) is 0 Å². The number of piperidine rings is 1. The first kappa shape index (κ1) is 15.2. The van der Waals surface area contributed by atoms with Gasteiger partial charge in [0, 0.05) is 31.1 Å². The van der Waals surface area contributed by atoms with Crippen LogP contribution in [0.4, 0.5) is 0 Å². The molecule has 2 heterocycles.